The van der Waals surface area contributed by atoms with Crippen LogP contribution in [-0.4, -0.2) is 47.8 Å². The second-order valence-electron chi connectivity index (χ2n) is 7.35. The normalized spacial score (nSPS) is 29.2. The minimum absolute atomic E-state index is 0.107. The van der Waals surface area contributed by atoms with Gasteiger partial charge in [-0.3, -0.25) is 9.59 Å². The molecule has 4 heteroatoms. The molecule has 2 amide bonds. The number of carbonyl (C=O) groups is 2. The van der Waals surface area contributed by atoms with Gasteiger partial charge in [-0.25, -0.2) is 0 Å². The van der Waals surface area contributed by atoms with Crippen LogP contribution in [0.15, 0.2) is 42.5 Å². The molecular formula is C20H24N2O2. The molecular weight excluding hydrogens is 300 g/mol. The van der Waals surface area contributed by atoms with Crippen LogP contribution in [0.25, 0.3) is 0 Å². The summed E-state index contributed by atoms with van der Waals surface area (Å²) in [6.45, 7) is 2.63. The van der Waals surface area contributed by atoms with Crippen molar-refractivity contribution < 1.29 is 9.59 Å². The number of amides is 2. The largest absolute Gasteiger partial charge is 0.341 e. The van der Waals surface area contributed by atoms with E-state index < -0.39 is 0 Å². The molecule has 2 aliphatic heterocycles. The summed E-state index contributed by atoms with van der Waals surface area (Å²) in [5.41, 5.74) is 1.19. The van der Waals surface area contributed by atoms with Gasteiger partial charge >= 0.3 is 0 Å². The Kier molecular flexibility index (Phi) is 4.13. The average Bonchev–Trinajstić information content (AvgIpc) is 3.20. The molecule has 24 heavy (non-hydrogen) atoms. The molecule has 1 aliphatic carbocycles. The Morgan fingerprint density at radius 3 is 2.33 bits per heavy atom. The molecule has 2 saturated heterocycles. The molecule has 0 N–H and O–H groups in total. The Labute approximate surface area is 143 Å². The number of allylic oxidation sites excluding steroid dienone is 2. The van der Waals surface area contributed by atoms with Crippen LogP contribution in [0.5, 0.6) is 0 Å². The van der Waals surface area contributed by atoms with E-state index in [2.05, 4.69) is 24.3 Å². The number of fused-ring (bicyclic) bond motifs is 1. The first-order chi connectivity index (χ1) is 11.7. The van der Waals surface area contributed by atoms with Crippen LogP contribution >= 0.6 is 0 Å². The van der Waals surface area contributed by atoms with Crippen molar-refractivity contribution in [3.8, 4) is 0 Å². The van der Waals surface area contributed by atoms with Crippen LogP contribution in [-0.2, 0) is 9.59 Å². The molecule has 0 aromatic heterocycles. The zero-order chi connectivity index (χ0) is 16.5. The van der Waals surface area contributed by atoms with E-state index >= 15 is 0 Å². The van der Waals surface area contributed by atoms with Crippen molar-refractivity contribution in [3.05, 3.63) is 48.0 Å². The molecule has 1 aromatic carbocycles. The number of rotatable bonds is 3. The highest BCUT2D eigenvalue weighted by atomic mass is 16.2. The molecule has 2 heterocycles. The van der Waals surface area contributed by atoms with E-state index in [0.29, 0.717) is 24.8 Å². The van der Waals surface area contributed by atoms with E-state index in [0.717, 1.165) is 25.9 Å². The summed E-state index contributed by atoms with van der Waals surface area (Å²) >= 11 is 0. The van der Waals surface area contributed by atoms with Crippen molar-refractivity contribution in [3.63, 3.8) is 0 Å². The van der Waals surface area contributed by atoms with Gasteiger partial charge in [-0.2, -0.15) is 0 Å². The Bertz CT molecular complexity index is 639. The summed E-state index contributed by atoms with van der Waals surface area (Å²) in [6.07, 6.45) is 7.18. The lowest BCUT2D eigenvalue weighted by molar-refractivity contribution is -0.137. The molecule has 126 valence electrons. The lowest BCUT2D eigenvalue weighted by atomic mass is 9.86. The Hall–Kier alpha value is -2.10. The molecule has 0 unspecified atom stereocenters. The maximum absolute atomic E-state index is 12.6. The van der Waals surface area contributed by atoms with Gasteiger partial charge in [0.05, 0.1) is 6.54 Å². The minimum atomic E-state index is 0.107. The third-order valence-corrected chi connectivity index (χ3v) is 5.79. The molecule has 4 nitrogen and oxygen atoms in total. The fourth-order valence-electron chi connectivity index (χ4n) is 4.36. The van der Waals surface area contributed by atoms with Crippen LogP contribution in [0.2, 0.25) is 0 Å². The number of benzene rings is 1. The van der Waals surface area contributed by atoms with Gasteiger partial charge in [0, 0.05) is 32.0 Å². The maximum Gasteiger partial charge on any atom is 0.242 e. The smallest absolute Gasteiger partial charge is 0.242 e. The zero-order valence-corrected chi connectivity index (χ0v) is 13.9. The van der Waals surface area contributed by atoms with Crippen LogP contribution in [0, 0.1) is 11.8 Å². The zero-order valence-electron chi connectivity index (χ0n) is 13.9. The molecule has 2 fully saturated rings. The predicted octanol–water partition coefficient (Wildman–Crippen LogP) is 2.43. The van der Waals surface area contributed by atoms with Crippen LogP contribution in [0.4, 0.5) is 0 Å². The first-order valence-electron chi connectivity index (χ1n) is 8.96. The number of nitrogens with zero attached hydrogens (tertiary/aromatic N) is 2. The van der Waals surface area contributed by atoms with Gasteiger partial charge in [-0.15, -0.1) is 0 Å². The van der Waals surface area contributed by atoms with Crippen molar-refractivity contribution in [2.24, 2.45) is 11.8 Å². The summed E-state index contributed by atoms with van der Waals surface area (Å²) in [6, 6.07) is 10.1. The lowest BCUT2D eigenvalue weighted by Crippen LogP contribution is -2.40. The predicted molar refractivity (Wildman–Crippen MR) is 92.3 cm³/mol. The number of likely N-dealkylation sites (tertiary alicyclic amines) is 2. The van der Waals surface area contributed by atoms with Crippen molar-refractivity contribution in [1.82, 2.24) is 9.80 Å². The molecule has 0 spiro atoms. The molecule has 3 aliphatic rings. The molecule has 0 saturated carbocycles. The lowest BCUT2D eigenvalue weighted by Gasteiger charge is -2.21. The number of hydrogen-bond acceptors (Lipinski definition) is 2. The van der Waals surface area contributed by atoms with E-state index in [1.807, 2.05) is 23.1 Å². The first-order valence-corrected chi connectivity index (χ1v) is 8.96. The van der Waals surface area contributed by atoms with E-state index in [4.69, 9.17) is 0 Å². The second-order valence-corrected chi connectivity index (χ2v) is 7.35. The SMILES string of the molecule is O=C1C[C@H](c2ccccc2)CN1CC(=O)N1C[C@H]2CC=CC[C@H]2C1. The number of carbonyl (C=O) groups excluding carboxylic acids is 2. The van der Waals surface area contributed by atoms with Gasteiger partial charge in [-0.1, -0.05) is 42.5 Å². The van der Waals surface area contributed by atoms with Crippen LogP contribution in [0.1, 0.15) is 30.7 Å². The average molecular weight is 324 g/mol. The third kappa shape index (κ3) is 2.97. The Morgan fingerprint density at radius 2 is 1.67 bits per heavy atom. The van der Waals surface area contributed by atoms with Gasteiger partial charge in [0.15, 0.2) is 0 Å². The van der Waals surface area contributed by atoms with Gasteiger partial charge in [-0.05, 0) is 30.2 Å². The van der Waals surface area contributed by atoms with Gasteiger partial charge < -0.3 is 9.80 Å². The summed E-state index contributed by atoms with van der Waals surface area (Å²) in [5.74, 6) is 1.68. The monoisotopic (exact) mass is 324 g/mol. The summed E-state index contributed by atoms with van der Waals surface area (Å²) < 4.78 is 0. The first kappa shape index (κ1) is 15.4. The van der Waals surface area contributed by atoms with Gasteiger partial charge in [0.2, 0.25) is 11.8 Å². The van der Waals surface area contributed by atoms with Crippen LogP contribution in [0.3, 0.4) is 0 Å². The highest BCUT2D eigenvalue weighted by Gasteiger charge is 2.37. The van der Waals surface area contributed by atoms with Gasteiger partial charge in [0.25, 0.3) is 0 Å². The maximum atomic E-state index is 12.6. The van der Waals surface area contributed by atoms with Gasteiger partial charge in [0.1, 0.15) is 0 Å². The van der Waals surface area contributed by atoms with E-state index in [1.54, 1.807) is 4.90 Å². The minimum Gasteiger partial charge on any atom is -0.341 e. The Morgan fingerprint density at radius 1 is 1.00 bits per heavy atom. The summed E-state index contributed by atoms with van der Waals surface area (Å²) in [7, 11) is 0. The second kappa shape index (κ2) is 6.42. The molecule has 3 atom stereocenters. The fraction of sp³-hybridized carbons (Fsp3) is 0.500. The summed E-state index contributed by atoms with van der Waals surface area (Å²) in [4.78, 5) is 28.7. The molecule has 1 aromatic rings. The van der Waals surface area contributed by atoms with Crippen molar-refractivity contribution in [2.45, 2.75) is 25.2 Å². The topological polar surface area (TPSA) is 40.6 Å². The van der Waals surface area contributed by atoms with Crippen molar-refractivity contribution in [1.29, 1.82) is 0 Å². The quantitative estimate of drug-likeness (QED) is 0.801. The highest BCUT2D eigenvalue weighted by molar-refractivity contribution is 5.86. The van der Waals surface area contributed by atoms with E-state index in [9.17, 15) is 9.59 Å². The standard InChI is InChI=1S/C20H24N2O2/c23-19-10-18(15-6-2-1-3-7-15)13-22(19)14-20(24)21-11-16-8-4-5-9-17(16)12-21/h1-7,16-18H,8-14H2/t16-,17+,18-/m0/s1. The van der Waals surface area contributed by atoms with Crippen molar-refractivity contribution >= 4 is 11.8 Å². The van der Waals surface area contributed by atoms with E-state index in [-0.39, 0.29) is 24.3 Å². The van der Waals surface area contributed by atoms with Crippen LogP contribution < -0.4 is 0 Å². The number of hydrogen-bond donors (Lipinski definition) is 0. The third-order valence-electron chi connectivity index (χ3n) is 5.79. The summed E-state index contributed by atoms with van der Waals surface area (Å²) in [5, 5.41) is 0. The van der Waals surface area contributed by atoms with Crippen molar-refractivity contribution in [2.75, 3.05) is 26.2 Å². The van der Waals surface area contributed by atoms with E-state index in [1.165, 1.54) is 5.56 Å². The molecule has 0 radical (unpaired) electrons. The molecule has 4 rings (SSSR count). The highest BCUT2D eigenvalue weighted by Crippen LogP contribution is 2.33. The fourth-order valence-corrected chi connectivity index (χ4v) is 4.36. The molecule has 0 bridgehead atoms. The Balaban J connectivity index is 1.35.